The number of carbonyl (C=O) groups excluding carboxylic acids is 1. The summed E-state index contributed by atoms with van der Waals surface area (Å²) in [4.78, 5) is 26.5. The molecule has 0 spiro atoms. The second-order valence-corrected chi connectivity index (χ2v) is 8.49. The molecule has 2 aromatic rings. The van der Waals surface area contributed by atoms with Crippen molar-refractivity contribution in [2.45, 2.75) is 39.3 Å². The Labute approximate surface area is 190 Å². The number of pyridine rings is 1. The van der Waals surface area contributed by atoms with Gasteiger partial charge in [0.15, 0.2) is 0 Å². The van der Waals surface area contributed by atoms with Crippen molar-refractivity contribution in [2.75, 3.05) is 23.8 Å². The normalized spacial score (nSPS) is 11.0. The fourth-order valence-electron chi connectivity index (χ4n) is 2.50. The van der Waals surface area contributed by atoms with Gasteiger partial charge >= 0.3 is 11.8 Å². The number of halogens is 2. The smallest absolute Gasteiger partial charge is 0.407 e. The predicted molar refractivity (Wildman–Crippen MR) is 122 cm³/mol. The average Bonchev–Trinajstić information content (AvgIpc) is 2.67. The van der Waals surface area contributed by atoms with Crippen molar-refractivity contribution in [1.29, 1.82) is 0 Å². The van der Waals surface area contributed by atoms with E-state index in [1.54, 1.807) is 24.3 Å². The van der Waals surface area contributed by atoms with Crippen molar-refractivity contribution in [3.05, 3.63) is 56.2 Å². The number of amides is 1. The predicted octanol–water partition coefficient (Wildman–Crippen LogP) is 5.24. The van der Waals surface area contributed by atoms with Crippen LogP contribution in [-0.4, -0.2) is 34.7 Å². The average molecular weight is 470 g/mol. The van der Waals surface area contributed by atoms with Crippen LogP contribution in [-0.2, 0) is 11.3 Å². The topological polar surface area (TPSA) is 118 Å². The number of nitro groups is 1. The lowest BCUT2D eigenvalue weighted by atomic mass is 10.1. The number of hydrogen-bond donors (Lipinski definition) is 3. The lowest BCUT2D eigenvalue weighted by Crippen LogP contribution is -2.41. The van der Waals surface area contributed by atoms with Crippen LogP contribution in [0.5, 0.6) is 0 Å². The number of nitrogens with zero attached hydrogens (tertiary/aromatic N) is 2. The quantitative estimate of drug-likeness (QED) is 0.261. The molecule has 0 atom stereocenters. The second kappa shape index (κ2) is 11.0. The van der Waals surface area contributed by atoms with E-state index in [0.717, 1.165) is 0 Å². The summed E-state index contributed by atoms with van der Waals surface area (Å²) in [5.41, 5.74) is 0.474. The van der Waals surface area contributed by atoms with Gasteiger partial charge in [0.1, 0.15) is 17.7 Å². The van der Waals surface area contributed by atoms with Gasteiger partial charge in [-0.1, -0.05) is 35.3 Å². The van der Waals surface area contributed by atoms with Crippen LogP contribution < -0.4 is 16.0 Å². The number of anilines is 2. The Morgan fingerprint density at radius 2 is 2.00 bits per heavy atom. The molecule has 1 amide bonds. The zero-order valence-corrected chi connectivity index (χ0v) is 19.0. The maximum Gasteiger partial charge on any atom is 0.407 e. The summed E-state index contributed by atoms with van der Waals surface area (Å²) in [6.45, 7) is 6.53. The molecule has 0 bridgehead atoms. The number of aromatic nitrogens is 1. The van der Waals surface area contributed by atoms with Crippen LogP contribution in [0.15, 0.2) is 30.5 Å². The molecule has 0 radical (unpaired) electrons. The van der Waals surface area contributed by atoms with Crippen molar-refractivity contribution in [3.63, 3.8) is 0 Å². The van der Waals surface area contributed by atoms with Gasteiger partial charge in [-0.2, -0.15) is 0 Å². The largest absolute Gasteiger partial charge is 0.449 e. The number of nitrogens with one attached hydrogen (secondary N) is 3. The highest BCUT2D eigenvalue weighted by atomic mass is 35.5. The SMILES string of the molecule is CC(C)(C)NC(=O)OCCCNc1cc(NCc2cccc(Cl)c2Cl)c([N+](=O)[O-])cn1. The summed E-state index contributed by atoms with van der Waals surface area (Å²) in [6, 6.07) is 6.75. The molecule has 0 fully saturated rings. The fourth-order valence-corrected chi connectivity index (χ4v) is 2.89. The third kappa shape index (κ3) is 8.10. The molecule has 0 aliphatic heterocycles. The molecular weight excluding hydrogens is 445 g/mol. The summed E-state index contributed by atoms with van der Waals surface area (Å²) >= 11 is 12.2. The maximum absolute atomic E-state index is 11.6. The van der Waals surface area contributed by atoms with Gasteiger partial charge in [-0.3, -0.25) is 10.1 Å². The maximum atomic E-state index is 11.6. The molecule has 3 N–H and O–H groups in total. The second-order valence-electron chi connectivity index (χ2n) is 7.70. The number of hydrogen-bond acceptors (Lipinski definition) is 7. The number of rotatable bonds is 9. The third-order valence-electron chi connectivity index (χ3n) is 3.92. The third-order valence-corrected chi connectivity index (χ3v) is 4.78. The van der Waals surface area contributed by atoms with E-state index in [2.05, 4.69) is 20.9 Å². The fraction of sp³-hybridized carbons (Fsp3) is 0.400. The van der Waals surface area contributed by atoms with Crippen molar-refractivity contribution in [1.82, 2.24) is 10.3 Å². The highest BCUT2D eigenvalue weighted by Crippen LogP contribution is 2.29. The number of benzene rings is 1. The Balaban J connectivity index is 1.93. The van der Waals surface area contributed by atoms with Gasteiger partial charge in [0.25, 0.3) is 0 Å². The Morgan fingerprint density at radius 1 is 1.26 bits per heavy atom. The Morgan fingerprint density at radius 3 is 2.68 bits per heavy atom. The summed E-state index contributed by atoms with van der Waals surface area (Å²) in [6.07, 6.45) is 1.24. The first-order valence-electron chi connectivity index (χ1n) is 9.57. The first-order chi connectivity index (χ1) is 14.6. The minimum atomic E-state index is -0.514. The summed E-state index contributed by atoms with van der Waals surface area (Å²) in [7, 11) is 0. The van der Waals surface area contributed by atoms with Crippen LogP contribution in [0.1, 0.15) is 32.8 Å². The van der Waals surface area contributed by atoms with Gasteiger partial charge in [0, 0.05) is 24.7 Å². The summed E-state index contributed by atoms with van der Waals surface area (Å²) in [5.74, 6) is 0.449. The van der Waals surface area contributed by atoms with Crippen molar-refractivity contribution >= 4 is 46.5 Å². The van der Waals surface area contributed by atoms with E-state index < -0.39 is 11.0 Å². The molecule has 0 aliphatic rings. The molecule has 0 unspecified atom stereocenters. The van der Waals surface area contributed by atoms with Crippen LogP contribution in [0.3, 0.4) is 0 Å². The molecule has 1 aromatic carbocycles. The van der Waals surface area contributed by atoms with Crippen LogP contribution in [0.4, 0.5) is 22.0 Å². The van der Waals surface area contributed by atoms with Crippen molar-refractivity contribution < 1.29 is 14.5 Å². The van der Waals surface area contributed by atoms with E-state index >= 15 is 0 Å². The molecular formula is C20H25Cl2N5O4. The highest BCUT2D eigenvalue weighted by molar-refractivity contribution is 6.42. The zero-order valence-electron chi connectivity index (χ0n) is 17.5. The van der Waals surface area contributed by atoms with Crippen LogP contribution in [0.25, 0.3) is 0 Å². The molecule has 168 valence electrons. The molecule has 0 saturated carbocycles. The minimum Gasteiger partial charge on any atom is -0.449 e. The molecule has 1 heterocycles. The van der Waals surface area contributed by atoms with Gasteiger partial charge < -0.3 is 20.7 Å². The van der Waals surface area contributed by atoms with E-state index in [0.29, 0.717) is 40.1 Å². The first-order valence-corrected chi connectivity index (χ1v) is 10.3. The summed E-state index contributed by atoms with van der Waals surface area (Å²) in [5, 5.41) is 20.9. The van der Waals surface area contributed by atoms with Gasteiger partial charge in [-0.25, -0.2) is 9.78 Å². The molecule has 2 rings (SSSR count). The van der Waals surface area contributed by atoms with Crippen LogP contribution >= 0.6 is 23.2 Å². The van der Waals surface area contributed by atoms with Crippen LogP contribution in [0, 0.1) is 10.1 Å². The highest BCUT2D eigenvalue weighted by Gasteiger charge is 2.16. The van der Waals surface area contributed by atoms with E-state index in [9.17, 15) is 14.9 Å². The molecule has 0 saturated heterocycles. The van der Waals surface area contributed by atoms with Crippen molar-refractivity contribution in [3.8, 4) is 0 Å². The van der Waals surface area contributed by atoms with Gasteiger partial charge in [-0.05, 0) is 38.8 Å². The lowest BCUT2D eigenvalue weighted by molar-refractivity contribution is -0.384. The first kappa shape index (κ1) is 24.5. The number of alkyl carbamates (subject to hydrolysis) is 1. The molecule has 1 aromatic heterocycles. The Kier molecular flexibility index (Phi) is 8.70. The van der Waals surface area contributed by atoms with E-state index in [1.807, 2.05) is 20.8 Å². The van der Waals surface area contributed by atoms with E-state index in [-0.39, 0.29) is 24.4 Å². The van der Waals surface area contributed by atoms with Gasteiger partial charge in [-0.15, -0.1) is 0 Å². The molecule has 11 heteroatoms. The summed E-state index contributed by atoms with van der Waals surface area (Å²) < 4.78 is 5.10. The molecule has 31 heavy (non-hydrogen) atoms. The van der Waals surface area contributed by atoms with Gasteiger partial charge in [0.2, 0.25) is 0 Å². The van der Waals surface area contributed by atoms with Gasteiger partial charge in [0.05, 0.1) is 21.6 Å². The monoisotopic (exact) mass is 469 g/mol. The Hall–Kier alpha value is -2.78. The molecule has 9 nitrogen and oxygen atoms in total. The number of ether oxygens (including phenoxy) is 1. The van der Waals surface area contributed by atoms with E-state index in [1.165, 1.54) is 6.20 Å². The minimum absolute atomic E-state index is 0.161. The van der Waals surface area contributed by atoms with Crippen molar-refractivity contribution in [2.24, 2.45) is 0 Å². The Bertz CT molecular complexity index is 934. The lowest BCUT2D eigenvalue weighted by Gasteiger charge is -2.19. The standard InChI is InChI=1S/C20H25Cl2N5O4/c1-20(2,3)26-19(28)31-9-5-8-23-17-10-15(16(12-25-17)27(29)30)24-11-13-6-4-7-14(21)18(13)22/h4,6-7,10,12H,5,8-9,11H2,1-3H3,(H,26,28)(H2,23,24,25). The molecule has 0 aliphatic carbocycles. The number of carbonyl (C=O) groups is 1. The zero-order chi connectivity index (χ0) is 23.0. The van der Waals surface area contributed by atoms with Crippen LogP contribution in [0.2, 0.25) is 10.0 Å². The van der Waals surface area contributed by atoms with E-state index in [4.69, 9.17) is 27.9 Å².